The van der Waals surface area contributed by atoms with Crippen LogP contribution in [0.4, 0.5) is 0 Å². The third kappa shape index (κ3) is 2.52. The fraction of sp³-hybridized carbons (Fsp3) is 0.429. The van der Waals surface area contributed by atoms with E-state index in [4.69, 9.17) is 4.74 Å². The SMILES string of the molecule is O=Cc1cn(CCN2CCOCC2)c2ncccc12. The summed E-state index contributed by atoms with van der Waals surface area (Å²) in [5, 5.41) is 0.930. The molecule has 2 aromatic heterocycles. The van der Waals surface area contributed by atoms with Crippen LogP contribution >= 0.6 is 0 Å². The van der Waals surface area contributed by atoms with Gasteiger partial charge in [-0.25, -0.2) is 4.98 Å². The van der Waals surface area contributed by atoms with Crippen molar-refractivity contribution in [1.29, 1.82) is 0 Å². The Morgan fingerprint density at radius 2 is 2.16 bits per heavy atom. The minimum Gasteiger partial charge on any atom is -0.379 e. The first-order chi connectivity index (χ1) is 9.38. The zero-order chi connectivity index (χ0) is 13.1. The van der Waals surface area contributed by atoms with Crippen molar-refractivity contribution in [2.45, 2.75) is 6.54 Å². The van der Waals surface area contributed by atoms with Gasteiger partial charge >= 0.3 is 0 Å². The highest BCUT2D eigenvalue weighted by Crippen LogP contribution is 2.17. The number of nitrogens with zero attached hydrogens (tertiary/aromatic N) is 3. The van der Waals surface area contributed by atoms with E-state index >= 15 is 0 Å². The Morgan fingerprint density at radius 1 is 1.32 bits per heavy atom. The molecule has 100 valence electrons. The first-order valence-electron chi connectivity index (χ1n) is 6.57. The highest BCUT2D eigenvalue weighted by molar-refractivity contribution is 5.95. The van der Waals surface area contributed by atoms with Crippen LogP contribution in [0, 0.1) is 0 Å². The minimum atomic E-state index is 0.713. The third-order valence-corrected chi connectivity index (χ3v) is 3.55. The van der Waals surface area contributed by atoms with E-state index in [-0.39, 0.29) is 0 Å². The zero-order valence-electron chi connectivity index (χ0n) is 10.8. The lowest BCUT2D eigenvalue weighted by molar-refractivity contribution is 0.0365. The molecule has 0 bridgehead atoms. The average Bonchev–Trinajstić information content (AvgIpc) is 2.84. The summed E-state index contributed by atoms with van der Waals surface area (Å²) in [6, 6.07) is 3.80. The number of aromatic nitrogens is 2. The monoisotopic (exact) mass is 259 g/mol. The van der Waals surface area contributed by atoms with Gasteiger partial charge < -0.3 is 9.30 Å². The van der Waals surface area contributed by atoms with E-state index in [1.807, 2.05) is 18.3 Å². The molecule has 0 amide bonds. The van der Waals surface area contributed by atoms with Gasteiger partial charge in [-0.3, -0.25) is 9.69 Å². The second-order valence-electron chi connectivity index (χ2n) is 4.72. The van der Waals surface area contributed by atoms with Gasteiger partial charge in [-0.05, 0) is 12.1 Å². The largest absolute Gasteiger partial charge is 0.379 e. The molecule has 5 heteroatoms. The van der Waals surface area contributed by atoms with Crippen molar-refractivity contribution in [1.82, 2.24) is 14.5 Å². The van der Waals surface area contributed by atoms with E-state index in [0.717, 1.165) is 56.7 Å². The maximum Gasteiger partial charge on any atom is 0.152 e. The Kier molecular flexibility index (Phi) is 3.57. The van der Waals surface area contributed by atoms with Crippen LogP contribution in [0.3, 0.4) is 0 Å². The molecule has 5 nitrogen and oxygen atoms in total. The average molecular weight is 259 g/mol. The molecule has 1 aliphatic rings. The van der Waals surface area contributed by atoms with Gasteiger partial charge in [-0.2, -0.15) is 0 Å². The number of fused-ring (bicyclic) bond motifs is 1. The smallest absolute Gasteiger partial charge is 0.152 e. The minimum absolute atomic E-state index is 0.713. The highest BCUT2D eigenvalue weighted by atomic mass is 16.5. The molecule has 0 N–H and O–H groups in total. The quantitative estimate of drug-likeness (QED) is 0.774. The molecule has 0 spiro atoms. The lowest BCUT2D eigenvalue weighted by Crippen LogP contribution is -2.38. The van der Waals surface area contributed by atoms with Gasteiger partial charge in [0.05, 0.1) is 13.2 Å². The molecule has 0 aromatic carbocycles. The van der Waals surface area contributed by atoms with Gasteiger partial charge in [0, 0.05) is 49.5 Å². The molecule has 3 rings (SSSR count). The topological polar surface area (TPSA) is 47.4 Å². The summed E-state index contributed by atoms with van der Waals surface area (Å²) in [6.45, 7) is 5.39. The number of pyridine rings is 1. The third-order valence-electron chi connectivity index (χ3n) is 3.55. The van der Waals surface area contributed by atoms with Crippen LogP contribution in [0.25, 0.3) is 11.0 Å². The van der Waals surface area contributed by atoms with Crippen LogP contribution < -0.4 is 0 Å². The maximum atomic E-state index is 11.1. The van der Waals surface area contributed by atoms with E-state index in [1.54, 1.807) is 6.20 Å². The fourth-order valence-electron chi connectivity index (χ4n) is 2.49. The first-order valence-corrected chi connectivity index (χ1v) is 6.57. The Balaban J connectivity index is 1.78. The van der Waals surface area contributed by atoms with E-state index in [9.17, 15) is 4.79 Å². The Morgan fingerprint density at radius 3 is 2.95 bits per heavy atom. The van der Waals surface area contributed by atoms with Crippen LogP contribution in [0.15, 0.2) is 24.5 Å². The molecule has 1 saturated heterocycles. The second kappa shape index (κ2) is 5.50. The van der Waals surface area contributed by atoms with Crippen molar-refractivity contribution in [3.63, 3.8) is 0 Å². The first kappa shape index (κ1) is 12.3. The standard InChI is InChI=1S/C14H17N3O2/c18-11-12-10-17(14-13(12)2-1-3-15-14)5-4-16-6-8-19-9-7-16/h1-3,10-11H,4-9H2. The van der Waals surface area contributed by atoms with E-state index in [1.165, 1.54) is 0 Å². The van der Waals surface area contributed by atoms with E-state index in [0.29, 0.717) is 5.56 Å². The van der Waals surface area contributed by atoms with E-state index in [2.05, 4.69) is 14.5 Å². The number of carbonyl (C=O) groups excluding carboxylic acids is 1. The molecule has 3 heterocycles. The summed E-state index contributed by atoms with van der Waals surface area (Å²) in [5.41, 5.74) is 1.60. The predicted octanol–water partition coefficient (Wildman–Crippen LogP) is 1.18. The number of aldehydes is 1. The molecule has 0 saturated carbocycles. The summed E-state index contributed by atoms with van der Waals surface area (Å²) in [6.07, 6.45) is 4.56. The molecular formula is C14H17N3O2. The van der Waals surface area contributed by atoms with Crippen molar-refractivity contribution in [3.8, 4) is 0 Å². The number of rotatable bonds is 4. The van der Waals surface area contributed by atoms with E-state index < -0.39 is 0 Å². The summed E-state index contributed by atoms with van der Waals surface area (Å²) in [4.78, 5) is 17.8. The van der Waals surface area contributed by atoms with Crippen LogP contribution in [0.1, 0.15) is 10.4 Å². The van der Waals surface area contributed by atoms with Gasteiger partial charge in [0.1, 0.15) is 5.65 Å². The van der Waals surface area contributed by atoms with Gasteiger partial charge in [-0.1, -0.05) is 0 Å². The van der Waals surface area contributed by atoms with Gasteiger partial charge in [0.2, 0.25) is 0 Å². The van der Waals surface area contributed by atoms with Crippen molar-refractivity contribution in [2.75, 3.05) is 32.8 Å². The maximum absolute atomic E-state index is 11.1. The summed E-state index contributed by atoms with van der Waals surface area (Å²) >= 11 is 0. The van der Waals surface area contributed by atoms with Crippen molar-refractivity contribution in [2.24, 2.45) is 0 Å². The molecular weight excluding hydrogens is 242 g/mol. The van der Waals surface area contributed by atoms with Gasteiger partial charge in [0.15, 0.2) is 6.29 Å². The van der Waals surface area contributed by atoms with Crippen LogP contribution in [0.5, 0.6) is 0 Å². The zero-order valence-corrected chi connectivity index (χ0v) is 10.8. The molecule has 2 aromatic rings. The fourth-order valence-corrected chi connectivity index (χ4v) is 2.49. The molecule has 0 unspecified atom stereocenters. The van der Waals surface area contributed by atoms with Crippen LogP contribution in [0.2, 0.25) is 0 Å². The van der Waals surface area contributed by atoms with Crippen molar-refractivity contribution >= 4 is 17.3 Å². The number of hydrogen-bond acceptors (Lipinski definition) is 4. The lowest BCUT2D eigenvalue weighted by Gasteiger charge is -2.26. The molecule has 19 heavy (non-hydrogen) atoms. The number of ether oxygens (including phenoxy) is 1. The lowest BCUT2D eigenvalue weighted by atomic mass is 10.2. The molecule has 1 aliphatic heterocycles. The van der Waals surface area contributed by atoms with Crippen LogP contribution in [-0.2, 0) is 11.3 Å². The second-order valence-corrected chi connectivity index (χ2v) is 4.72. The van der Waals surface area contributed by atoms with Crippen molar-refractivity contribution < 1.29 is 9.53 Å². The Bertz CT molecular complexity index is 573. The summed E-state index contributed by atoms with van der Waals surface area (Å²) < 4.78 is 7.40. The number of morpholine rings is 1. The Hall–Kier alpha value is -1.72. The molecule has 0 aliphatic carbocycles. The number of carbonyl (C=O) groups is 1. The molecule has 1 fully saturated rings. The molecule has 0 radical (unpaired) electrons. The van der Waals surface area contributed by atoms with Gasteiger partial charge in [-0.15, -0.1) is 0 Å². The van der Waals surface area contributed by atoms with Gasteiger partial charge in [0.25, 0.3) is 0 Å². The summed E-state index contributed by atoms with van der Waals surface area (Å²) in [5.74, 6) is 0. The number of hydrogen-bond donors (Lipinski definition) is 0. The normalized spacial score (nSPS) is 16.8. The van der Waals surface area contributed by atoms with Crippen LogP contribution in [-0.4, -0.2) is 53.6 Å². The summed E-state index contributed by atoms with van der Waals surface area (Å²) in [7, 11) is 0. The Labute approximate surface area is 111 Å². The highest BCUT2D eigenvalue weighted by Gasteiger charge is 2.12. The van der Waals surface area contributed by atoms with Crippen molar-refractivity contribution in [3.05, 3.63) is 30.1 Å². The predicted molar refractivity (Wildman–Crippen MR) is 72.4 cm³/mol. The molecule has 0 atom stereocenters.